The lowest BCUT2D eigenvalue weighted by Gasteiger charge is -2.15. The van der Waals surface area contributed by atoms with Crippen molar-refractivity contribution < 1.29 is 31.4 Å². The monoisotopic (exact) mass is 565 g/mol. The number of benzene rings is 1. The van der Waals surface area contributed by atoms with Crippen LogP contribution in [-0.4, -0.2) is 49.2 Å². The van der Waals surface area contributed by atoms with Crippen LogP contribution < -0.4 is 16.3 Å². The van der Waals surface area contributed by atoms with Crippen LogP contribution >= 0.6 is 0 Å². The molecule has 0 aliphatic heterocycles. The highest BCUT2D eigenvalue weighted by molar-refractivity contribution is 7.91. The first kappa shape index (κ1) is 23.1. The molecule has 1 amide bonds. The van der Waals surface area contributed by atoms with Crippen LogP contribution in [0.5, 0.6) is 0 Å². The molecule has 0 radical (unpaired) electrons. The molecule has 4 aromatic rings. The summed E-state index contributed by atoms with van der Waals surface area (Å²) in [6, 6.07) is 5.49. The first-order chi connectivity index (χ1) is 19.7. The largest absolute Gasteiger partial charge is 0.612 e. The van der Waals surface area contributed by atoms with Crippen LogP contribution in [0.3, 0.4) is 0 Å². The zero-order valence-corrected chi connectivity index (χ0v) is 21.5. The van der Waals surface area contributed by atoms with Gasteiger partial charge in [0.2, 0.25) is 0 Å². The van der Waals surface area contributed by atoms with E-state index in [-0.39, 0.29) is 39.0 Å². The first-order valence-electron chi connectivity index (χ1n) is 13.3. The number of aryl methyl sites for hydroxylation is 1. The third-order valence-corrected chi connectivity index (χ3v) is 7.67. The number of fused-ring (bicyclic) bond motifs is 2. The number of hydrogen-bond acceptors (Lipinski definition) is 7. The van der Waals surface area contributed by atoms with Crippen molar-refractivity contribution in [2.75, 3.05) is 18.7 Å². The first-order valence-corrected chi connectivity index (χ1v) is 13.3. The zero-order chi connectivity index (χ0) is 30.6. The fourth-order valence-corrected chi connectivity index (χ4v) is 5.72. The molecule has 2 N–H and O–H groups in total. The number of methoxy groups -OCH3 is 1. The van der Waals surface area contributed by atoms with Crippen LogP contribution in [0, 0.1) is 0 Å². The number of halogens is 3. The van der Waals surface area contributed by atoms with Crippen molar-refractivity contribution >= 4 is 50.8 Å². The molecule has 0 bridgehead atoms. The van der Waals surface area contributed by atoms with Gasteiger partial charge in [-0.2, -0.15) is 13.2 Å². The number of para-hydroxylation sites is 1. The quantitative estimate of drug-likeness (QED) is 0.347. The second-order valence-electron chi connectivity index (χ2n) is 9.13. The predicted molar refractivity (Wildman–Crippen MR) is 140 cm³/mol. The van der Waals surface area contributed by atoms with E-state index >= 15 is 0 Å². The summed E-state index contributed by atoms with van der Waals surface area (Å²) in [7, 11) is 1.23. The van der Waals surface area contributed by atoms with Crippen molar-refractivity contribution in [2.24, 2.45) is 6.98 Å². The number of hydrogen-bond donors (Lipinski definition) is 2. The Hall–Kier alpha value is -3.78. The van der Waals surface area contributed by atoms with Crippen LogP contribution in [0.25, 0.3) is 21.9 Å². The van der Waals surface area contributed by atoms with Crippen LogP contribution in [0.4, 0.5) is 29.6 Å². The number of pyridine rings is 2. The molecule has 3 aromatic heterocycles. The Bertz CT molecular complexity index is 1740. The maximum Gasteiger partial charge on any atom is 0.418 e. The van der Waals surface area contributed by atoms with Gasteiger partial charge < -0.3 is 19.9 Å². The molecule has 10 nitrogen and oxygen atoms in total. The molecule has 1 unspecified atom stereocenters. The van der Waals surface area contributed by atoms with Crippen molar-refractivity contribution in [3.63, 3.8) is 0 Å². The number of aromatic nitrogens is 4. The van der Waals surface area contributed by atoms with Crippen LogP contribution in [-0.2, 0) is 29.1 Å². The number of alkyl carbamates (subject to hydrolysis) is 1. The van der Waals surface area contributed by atoms with Crippen LogP contribution in [0.1, 0.15) is 35.0 Å². The molecule has 1 aromatic carbocycles. The lowest BCUT2D eigenvalue weighted by molar-refractivity contribution is -0.136. The molecule has 1 aliphatic rings. The molecule has 1 saturated carbocycles. The van der Waals surface area contributed by atoms with E-state index in [1.165, 1.54) is 48.4 Å². The number of nitrogens with one attached hydrogen (secondary N) is 2. The summed E-state index contributed by atoms with van der Waals surface area (Å²) >= 11 is -1.67. The fraction of sp³-hybridized carbons (Fsp3) is 0.360. The number of anilines is 2. The van der Waals surface area contributed by atoms with E-state index in [4.69, 9.17) is 4.11 Å². The van der Waals surface area contributed by atoms with Gasteiger partial charge in [-0.15, -0.1) is 0 Å². The summed E-state index contributed by atoms with van der Waals surface area (Å²) < 4.78 is 84.2. The van der Waals surface area contributed by atoms with Crippen LogP contribution in [0.2, 0.25) is 0 Å². The standard InChI is InChI=1S/C25H25F3N6O4S/c1-33-18-12-29-20(10-17(18)34(24(33)36)14-8-7-13(9-14)30-23(35)38-2)31-21-11-19(39(3)37)15-5-4-6-16(22(15)32-21)25(26,27)28/h4-6,10-14H,7-9H2,1-3H3,(H,30,35)(H,29,31,32)/t13-,14-,39?/m1/s1/i1D3. The molecule has 1 fully saturated rings. The van der Waals surface area contributed by atoms with E-state index in [9.17, 15) is 27.3 Å². The maximum atomic E-state index is 13.8. The Labute approximate surface area is 227 Å². The average molecular weight is 566 g/mol. The highest BCUT2D eigenvalue weighted by atomic mass is 32.2. The molecule has 3 atom stereocenters. The SMILES string of the molecule is [2H]C([2H])([2H])n1c(=O)n([C@@H]2CC[C@@H](NC(=O)OC)C2)c2cc(Nc3cc([S+](C)[O-])c4cccc(C(F)(F)F)c4n3)ncc21. The summed E-state index contributed by atoms with van der Waals surface area (Å²) in [6.07, 6.45) is -1.52. The molecule has 14 heteroatoms. The summed E-state index contributed by atoms with van der Waals surface area (Å²) in [5.41, 5.74) is -1.96. The van der Waals surface area contributed by atoms with Crippen LogP contribution in [0.15, 0.2) is 46.2 Å². The molecule has 39 heavy (non-hydrogen) atoms. The normalized spacial score (nSPS) is 19.9. The van der Waals surface area contributed by atoms with Gasteiger partial charge in [0.05, 0.1) is 40.8 Å². The molecular formula is C25H25F3N6O4S. The van der Waals surface area contributed by atoms with Gasteiger partial charge in [0, 0.05) is 35.3 Å². The Morgan fingerprint density at radius 2 is 2.05 bits per heavy atom. The molecule has 206 valence electrons. The highest BCUT2D eigenvalue weighted by Gasteiger charge is 2.34. The number of carbonyl (C=O) groups excluding carboxylic acids is 1. The number of carbonyl (C=O) groups is 1. The Morgan fingerprint density at radius 1 is 1.26 bits per heavy atom. The van der Waals surface area contributed by atoms with E-state index in [1.54, 1.807) is 0 Å². The van der Waals surface area contributed by atoms with Gasteiger partial charge in [-0.3, -0.25) is 9.13 Å². The van der Waals surface area contributed by atoms with Gasteiger partial charge in [-0.1, -0.05) is 6.07 Å². The molecular weight excluding hydrogens is 537 g/mol. The smallest absolute Gasteiger partial charge is 0.418 e. The molecule has 3 heterocycles. The zero-order valence-electron chi connectivity index (χ0n) is 23.7. The van der Waals surface area contributed by atoms with Gasteiger partial charge in [0.25, 0.3) is 0 Å². The highest BCUT2D eigenvalue weighted by Crippen LogP contribution is 2.37. The molecule has 5 rings (SSSR count). The van der Waals surface area contributed by atoms with Crippen molar-refractivity contribution in [3.05, 3.63) is 52.6 Å². The molecule has 0 saturated heterocycles. The predicted octanol–water partition coefficient (Wildman–Crippen LogP) is 4.23. The minimum absolute atomic E-state index is 0.0242. The third-order valence-electron chi connectivity index (χ3n) is 6.71. The lowest BCUT2D eigenvalue weighted by Crippen LogP contribution is -2.33. The number of nitrogens with zero attached hydrogens (tertiary/aromatic N) is 4. The van der Waals surface area contributed by atoms with E-state index in [2.05, 4.69) is 25.3 Å². The number of amides is 1. The van der Waals surface area contributed by atoms with Gasteiger partial charge in [-0.25, -0.2) is 19.6 Å². The molecule has 1 aliphatic carbocycles. The van der Waals surface area contributed by atoms with Gasteiger partial charge >= 0.3 is 18.0 Å². The summed E-state index contributed by atoms with van der Waals surface area (Å²) in [5.74, 6) is -0.0195. The minimum Gasteiger partial charge on any atom is -0.612 e. The van der Waals surface area contributed by atoms with E-state index in [1.807, 2.05) is 0 Å². The van der Waals surface area contributed by atoms with Gasteiger partial charge in [-0.05, 0) is 42.6 Å². The Balaban J connectivity index is 1.61. The second-order valence-corrected chi connectivity index (χ2v) is 10.5. The summed E-state index contributed by atoms with van der Waals surface area (Å²) in [6.45, 7) is -2.83. The third kappa shape index (κ3) is 5.01. The summed E-state index contributed by atoms with van der Waals surface area (Å²) in [4.78, 5) is 33.6. The van der Waals surface area contributed by atoms with E-state index in [0.717, 1.165) is 6.07 Å². The topological polar surface area (TPSA) is 126 Å². The van der Waals surface area contributed by atoms with Gasteiger partial charge in [0.1, 0.15) is 17.9 Å². The van der Waals surface area contributed by atoms with Crippen molar-refractivity contribution in [2.45, 2.75) is 42.4 Å². The maximum absolute atomic E-state index is 13.8. The summed E-state index contributed by atoms with van der Waals surface area (Å²) in [5, 5.41) is 5.60. The van der Waals surface area contributed by atoms with E-state index < -0.39 is 53.2 Å². The van der Waals surface area contributed by atoms with Gasteiger partial charge in [0.15, 0.2) is 4.90 Å². The second kappa shape index (κ2) is 10.1. The van der Waals surface area contributed by atoms with E-state index in [0.29, 0.717) is 23.8 Å². The lowest BCUT2D eigenvalue weighted by atomic mass is 10.1. The number of alkyl halides is 3. The molecule has 0 spiro atoms. The van der Waals surface area contributed by atoms with Crippen molar-refractivity contribution in [1.29, 1.82) is 0 Å². The number of ether oxygens (including phenoxy) is 1. The number of rotatable bonds is 5. The Kier molecular flexibility index (Phi) is 5.98. The fourth-order valence-electron chi connectivity index (χ4n) is 4.97. The minimum atomic E-state index is -4.72. The average Bonchev–Trinajstić information content (AvgIpc) is 3.47. The van der Waals surface area contributed by atoms with Crippen molar-refractivity contribution in [1.82, 2.24) is 24.4 Å². The Morgan fingerprint density at radius 3 is 2.74 bits per heavy atom. The van der Waals surface area contributed by atoms with Crippen molar-refractivity contribution in [3.8, 4) is 0 Å². The number of imidazole rings is 1.